The van der Waals surface area contributed by atoms with Gasteiger partial charge in [-0.05, 0) is 73.5 Å². The van der Waals surface area contributed by atoms with Gasteiger partial charge in [0.2, 0.25) is 0 Å². The molecule has 0 radical (unpaired) electrons. The summed E-state index contributed by atoms with van der Waals surface area (Å²) in [6, 6.07) is 14.7. The van der Waals surface area contributed by atoms with Gasteiger partial charge in [-0.25, -0.2) is 9.18 Å². The molecule has 0 saturated heterocycles. The molecule has 4 rings (SSSR count). The summed E-state index contributed by atoms with van der Waals surface area (Å²) < 4.78 is 40.8. The number of hydrogen-bond donors (Lipinski definition) is 1. The molecule has 1 amide bonds. The zero-order valence-electron chi connectivity index (χ0n) is 21.7. The predicted molar refractivity (Wildman–Crippen MR) is 142 cm³/mol. The van der Waals surface area contributed by atoms with Gasteiger partial charge in [0.25, 0.3) is 0 Å². The van der Waals surface area contributed by atoms with Gasteiger partial charge in [0.15, 0.2) is 11.5 Å². The molecule has 0 spiro atoms. The van der Waals surface area contributed by atoms with E-state index >= 15 is 0 Å². The molecule has 0 aliphatic heterocycles. The average molecular weight is 521 g/mol. The first kappa shape index (κ1) is 26.5. The van der Waals surface area contributed by atoms with Gasteiger partial charge in [0.1, 0.15) is 23.1 Å². The van der Waals surface area contributed by atoms with Crippen LogP contribution in [0.5, 0.6) is 28.7 Å². The van der Waals surface area contributed by atoms with Crippen LogP contribution >= 0.6 is 0 Å². The third kappa shape index (κ3) is 6.23. The molecular weight excluding hydrogens is 491 g/mol. The monoisotopic (exact) mass is 520 g/mol. The molecule has 0 aliphatic rings. The van der Waals surface area contributed by atoms with Crippen LogP contribution in [0, 0.1) is 19.7 Å². The third-order valence-corrected chi connectivity index (χ3v) is 6.01. The summed E-state index contributed by atoms with van der Waals surface area (Å²) in [5, 5.41) is 3.55. The van der Waals surface area contributed by atoms with E-state index in [0.29, 0.717) is 53.0 Å². The van der Waals surface area contributed by atoms with Crippen molar-refractivity contribution in [2.24, 2.45) is 0 Å². The highest BCUT2D eigenvalue weighted by Crippen LogP contribution is 2.38. The molecule has 198 valence electrons. The molecule has 1 aromatic heterocycles. The standard InChI is InChI=1S/C29H29FN2O6/c1-18-19(2)25(38-26-12-13-31-24-17-28(35-4)27(34-3)16-22(24)26)11-10-23(18)32-29(33)37-15-5-14-36-21-8-6-20(30)7-9-21/h6-13,16-17H,5,14-15H2,1-4H3,(H,32,33). The predicted octanol–water partition coefficient (Wildman–Crippen LogP) is 6.82. The Morgan fingerprint density at radius 2 is 1.61 bits per heavy atom. The number of halogens is 1. The molecule has 38 heavy (non-hydrogen) atoms. The number of methoxy groups -OCH3 is 2. The summed E-state index contributed by atoms with van der Waals surface area (Å²) in [5.74, 6) is 2.64. The first-order chi connectivity index (χ1) is 18.4. The van der Waals surface area contributed by atoms with Crippen LogP contribution in [0.3, 0.4) is 0 Å². The number of pyridine rings is 1. The molecule has 0 aliphatic carbocycles. The molecule has 0 bridgehead atoms. The number of nitrogens with zero attached hydrogens (tertiary/aromatic N) is 1. The lowest BCUT2D eigenvalue weighted by Gasteiger charge is -2.16. The molecule has 0 fully saturated rings. The summed E-state index contributed by atoms with van der Waals surface area (Å²) in [4.78, 5) is 16.7. The summed E-state index contributed by atoms with van der Waals surface area (Å²) in [6.07, 6.45) is 1.60. The Kier molecular flexibility index (Phi) is 8.47. The lowest BCUT2D eigenvalue weighted by atomic mass is 10.1. The minimum Gasteiger partial charge on any atom is -0.493 e. The van der Waals surface area contributed by atoms with Crippen molar-refractivity contribution in [3.05, 3.63) is 77.7 Å². The smallest absolute Gasteiger partial charge is 0.411 e. The largest absolute Gasteiger partial charge is 0.493 e. The van der Waals surface area contributed by atoms with Gasteiger partial charge in [-0.15, -0.1) is 0 Å². The topological polar surface area (TPSA) is 88.1 Å². The highest BCUT2D eigenvalue weighted by molar-refractivity contribution is 5.89. The lowest BCUT2D eigenvalue weighted by Crippen LogP contribution is -2.16. The van der Waals surface area contributed by atoms with E-state index in [0.717, 1.165) is 16.5 Å². The third-order valence-electron chi connectivity index (χ3n) is 6.01. The number of anilines is 1. The molecule has 1 heterocycles. The van der Waals surface area contributed by atoms with Crippen molar-refractivity contribution in [2.75, 3.05) is 32.8 Å². The Labute approximate surface area is 220 Å². The SMILES string of the molecule is COc1cc2nccc(Oc3ccc(NC(=O)OCCCOc4ccc(F)cc4)c(C)c3C)c2cc1OC. The molecule has 3 aromatic carbocycles. The summed E-state index contributed by atoms with van der Waals surface area (Å²) in [7, 11) is 3.15. The second kappa shape index (κ2) is 12.1. The highest BCUT2D eigenvalue weighted by Gasteiger charge is 2.15. The van der Waals surface area contributed by atoms with E-state index < -0.39 is 6.09 Å². The maximum absolute atomic E-state index is 12.9. The summed E-state index contributed by atoms with van der Waals surface area (Å²) in [6.45, 7) is 4.33. The van der Waals surface area contributed by atoms with Gasteiger partial charge in [0, 0.05) is 29.8 Å². The quantitative estimate of drug-likeness (QED) is 0.230. The number of ether oxygens (including phenoxy) is 5. The number of nitrogens with one attached hydrogen (secondary N) is 1. The Morgan fingerprint density at radius 3 is 2.34 bits per heavy atom. The maximum atomic E-state index is 12.9. The van der Waals surface area contributed by atoms with Crippen molar-refractivity contribution in [1.82, 2.24) is 4.98 Å². The number of benzene rings is 3. The van der Waals surface area contributed by atoms with E-state index in [1.807, 2.05) is 19.9 Å². The van der Waals surface area contributed by atoms with Crippen molar-refractivity contribution >= 4 is 22.7 Å². The second-order valence-electron chi connectivity index (χ2n) is 8.41. The normalized spacial score (nSPS) is 10.7. The number of carbonyl (C=O) groups is 1. The molecule has 8 nitrogen and oxygen atoms in total. The minimum atomic E-state index is -0.566. The highest BCUT2D eigenvalue weighted by atomic mass is 19.1. The first-order valence-electron chi connectivity index (χ1n) is 12.0. The molecule has 9 heteroatoms. The van der Waals surface area contributed by atoms with Crippen molar-refractivity contribution in [3.63, 3.8) is 0 Å². The van der Waals surface area contributed by atoms with Crippen LogP contribution in [0.15, 0.2) is 60.8 Å². The second-order valence-corrected chi connectivity index (χ2v) is 8.41. The fraction of sp³-hybridized carbons (Fsp3) is 0.241. The Balaban J connectivity index is 1.37. The van der Waals surface area contributed by atoms with E-state index in [-0.39, 0.29) is 12.4 Å². The van der Waals surface area contributed by atoms with Gasteiger partial charge in [-0.2, -0.15) is 0 Å². The van der Waals surface area contributed by atoms with E-state index in [1.54, 1.807) is 56.8 Å². The van der Waals surface area contributed by atoms with Crippen molar-refractivity contribution in [2.45, 2.75) is 20.3 Å². The number of aromatic nitrogens is 1. The van der Waals surface area contributed by atoms with Crippen molar-refractivity contribution in [1.29, 1.82) is 0 Å². The average Bonchev–Trinajstić information content (AvgIpc) is 2.93. The van der Waals surface area contributed by atoms with E-state index in [2.05, 4.69) is 10.3 Å². The number of rotatable bonds is 10. The molecule has 0 atom stereocenters. The molecule has 4 aromatic rings. The lowest BCUT2D eigenvalue weighted by molar-refractivity contribution is 0.152. The summed E-state index contributed by atoms with van der Waals surface area (Å²) >= 11 is 0. The van der Waals surface area contributed by atoms with Crippen LogP contribution in [-0.2, 0) is 4.74 Å². The van der Waals surface area contributed by atoms with Gasteiger partial charge < -0.3 is 23.7 Å². The van der Waals surface area contributed by atoms with E-state index in [9.17, 15) is 9.18 Å². The number of fused-ring (bicyclic) bond motifs is 1. The maximum Gasteiger partial charge on any atom is 0.411 e. The first-order valence-corrected chi connectivity index (χ1v) is 12.0. The number of amides is 1. The van der Waals surface area contributed by atoms with E-state index in [4.69, 9.17) is 23.7 Å². The molecular formula is C29H29FN2O6. The van der Waals surface area contributed by atoms with Gasteiger partial charge in [0.05, 0.1) is 33.0 Å². The minimum absolute atomic E-state index is 0.176. The Hall–Kier alpha value is -4.53. The van der Waals surface area contributed by atoms with Gasteiger partial charge in [-0.1, -0.05) is 0 Å². The fourth-order valence-corrected chi connectivity index (χ4v) is 3.79. The van der Waals surface area contributed by atoms with Gasteiger partial charge in [-0.3, -0.25) is 10.3 Å². The van der Waals surface area contributed by atoms with Crippen LogP contribution in [0.4, 0.5) is 14.9 Å². The summed E-state index contributed by atoms with van der Waals surface area (Å²) in [5.41, 5.74) is 3.03. The van der Waals surface area contributed by atoms with Crippen LogP contribution in [0.25, 0.3) is 10.9 Å². The van der Waals surface area contributed by atoms with Crippen LogP contribution in [0.2, 0.25) is 0 Å². The molecule has 1 N–H and O–H groups in total. The Bertz CT molecular complexity index is 1430. The fourth-order valence-electron chi connectivity index (χ4n) is 3.79. The van der Waals surface area contributed by atoms with Gasteiger partial charge >= 0.3 is 6.09 Å². The van der Waals surface area contributed by atoms with Crippen LogP contribution in [0.1, 0.15) is 17.5 Å². The zero-order valence-corrected chi connectivity index (χ0v) is 21.7. The number of carbonyl (C=O) groups excluding carboxylic acids is 1. The number of hydrogen-bond acceptors (Lipinski definition) is 7. The zero-order chi connectivity index (χ0) is 27.1. The molecule has 0 unspecified atom stereocenters. The Morgan fingerprint density at radius 1 is 0.868 bits per heavy atom. The van der Waals surface area contributed by atoms with Crippen molar-refractivity contribution < 1.29 is 32.9 Å². The molecule has 0 saturated carbocycles. The van der Waals surface area contributed by atoms with Crippen molar-refractivity contribution in [3.8, 4) is 28.7 Å². The van der Waals surface area contributed by atoms with E-state index in [1.165, 1.54) is 12.1 Å². The van der Waals surface area contributed by atoms with Crippen LogP contribution < -0.4 is 24.3 Å². The van der Waals surface area contributed by atoms with Crippen LogP contribution in [-0.4, -0.2) is 38.5 Å².